The maximum atomic E-state index is 13.2. The van der Waals surface area contributed by atoms with Crippen molar-refractivity contribution in [1.82, 2.24) is 9.88 Å². The minimum atomic E-state index is -0.764. The van der Waals surface area contributed by atoms with Crippen LogP contribution in [-0.2, 0) is 16.1 Å². The number of pyridine rings is 1. The molecule has 0 saturated carbocycles. The molecule has 0 aliphatic carbocycles. The Labute approximate surface area is 198 Å². The van der Waals surface area contributed by atoms with Crippen LogP contribution in [0.15, 0.2) is 78.6 Å². The normalized spacial score (nSPS) is 17.1. The molecule has 1 unspecified atom stereocenters. The fraction of sp³-hybridized carbons (Fsp3) is 0.222. The Hall–Kier alpha value is -4.13. The fourth-order valence-corrected chi connectivity index (χ4v) is 3.97. The molecule has 174 valence electrons. The lowest BCUT2D eigenvalue weighted by Crippen LogP contribution is -2.29. The van der Waals surface area contributed by atoms with Crippen LogP contribution in [0.4, 0.5) is 0 Å². The molecular formula is C27H26N2O5. The molecule has 1 saturated heterocycles. The highest BCUT2D eigenvalue weighted by Crippen LogP contribution is 2.41. The van der Waals surface area contributed by atoms with Crippen molar-refractivity contribution in [2.75, 3.05) is 13.7 Å². The van der Waals surface area contributed by atoms with Gasteiger partial charge in [-0.1, -0.05) is 31.2 Å². The smallest absolute Gasteiger partial charge is 0.295 e. The number of benzene rings is 2. The summed E-state index contributed by atoms with van der Waals surface area (Å²) in [5.74, 6) is -0.414. The number of Topliss-reactive ketones (excluding diaryl/α,β-unsaturated/α-hetero) is 1. The van der Waals surface area contributed by atoms with Gasteiger partial charge in [-0.15, -0.1) is 0 Å². The molecule has 7 nitrogen and oxygen atoms in total. The van der Waals surface area contributed by atoms with Gasteiger partial charge in [0, 0.05) is 24.5 Å². The summed E-state index contributed by atoms with van der Waals surface area (Å²) in [7, 11) is 1.52. The number of amides is 1. The van der Waals surface area contributed by atoms with E-state index in [1.807, 2.05) is 31.2 Å². The first-order valence-corrected chi connectivity index (χ1v) is 11.1. The molecule has 0 spiro atoms. The standard InChI is InChI=1S/C27H26N2O5/c1-3-15-34-21-9-7-19(8-10-21)24-23(25(30)20-5-4-6-22(16-20)33-2)26(31)27(32)29(24)17-18-11-13-28-14-12-18/h4-14,16,24,30H,3,15,17H2,1-2H3. The second kappa shape index (κ2) is 10.2. The predicted molar refractivity (Wildman–Crippen MR) is 127 cm³/mol. The molecule has 1 aromatic heterocycles. The zero-order valence-electron chi connectivity index (χ0n) is 19.1. The van der Waals surface area contributed by atoms with Crippen LogP contribution in [0.1, 0.15) is 36.1 Å². The molecule has 1 atom stereocenters. The summed E-state index contributed by atoms with van der Waals surface area (Å²) in [6, 6.07) is 16.8. The summed E-state index contributed by atoms with van der Waals surface area (Å²) in [4.78, 5) is 31.8. The SMILES string of the molecule is CCCOc1ccc(C2C(=C(O)c3cccc(OC)c3)C(=O)C(=O)N2Cc2ccncc2)cc1. The van der Waals surface area contributed by atoms with Crippen LogP contribution < -0.4 is 9.47 Å². The molecule has 1 N–H and O–H groups in total. The molecule has 7 heteroatoms. The number of hydrogen-bond acceptors (Lipinski definition) is 6. The van der Waals surface area contributed by atoms with Crippen molar-refractivity contribution in [1.29, 1.82) is 0 Å². The minimum Gasteiger partial charge on any atom is -0.507 e. The second-order valence-electron chi connectivity index (χ2n) is 7.93. The highest BCUT2D eigenvalue weighted by molar-refractivity contribution is 6.46. The van der Waals surface area contributed by atoms with Crippen LogP contribution in [0.2, 0.25) is 0 Å². The maximum Gasteiger partial charge on any atom is 0.295 e. The van der Waals surface area contributed by atoms with Gasteiger partial charge >= 0.3 is 0 Å². The topological polar surface area (TPSA) is 89.0 Å². The van der Waals surface area contributed by atoms with Gasteiger partial charge in [0.1, 0.15) is 17.3 Å². The Balaban J connectivity index is 1.81. The largest absolute Gasteiger partial charge is 0.507 e. The van der Waals surface area contributed by atoms with Crippen LogP contribution in [-0.4, -0.2) is 40.4 Å². The van der Waals surface area contributed by atoms with Gasteiger partial charge in [-0.25, -0.2) is 0 Å². The number of ketones is 1. The van der Waals surface area contributed by atoms with Gasteiger partial charge in [-0.2, -0.15) is 0 Å². The van der Waals surface area contributed by atoms with E-state index in [9.17, 15) is 14.7 Å². The van der Waals surface area contributed by atoms with E-state index in [-0.39, 0.29) is 17.9 Å². The summed E-state index contributed by atoms with van der Waals surface area (Å²) < 4.78 is 10.9. The summed E-state index contributed by atoms with van der Waals surface area (Å²) in [5.41, 5.74) is 1.96. The quantitative estimate of drug-likeness (QED) is 0.304. The lowest BCUT2D eigenvalue weighted by molar-refractivity contribution is -0.140. The summed E-state index contributed by atoms with van der Waals surface area (Å²) in [6.45, 7) is 2.82. The van der Waals surface area contributed by atoms with Gasteiger partial charge in [-0.3, -0.25) is 14.6 Å². The first-order valence-electron chi connectivity index (χ1n) is 11.1. The van der Waals surface area contributed by atoms with E-state index < -0.39 is 17.7 Å². The Morgan fingerprint density at radius 2 is 1.76 bits per heavy atom. The van der Waals surface area contributed by atoms with Crippen molar-refractivity contribution in [3.8, 4) is 11.5 Å². The third kappa shape index (κ3) is 4.64. The van der Waals surface area contributed by atoms with Crippen molar-refractivity contribution in [2.24, 2.45) is 0 Å². The lowest BCUT2D eigenvalue weighted by Gasteiger charge is -2.25. The first-order chi connectivity index (χ1) is 16.5. The Morgan fingerprint density at radius 3 is 2.44 bits per heavy atom. The van der Waals surface area contributed by atoms with Crippen LogP contribution in [0, 0.1) is 0 Å². The minimum absolute atomic E-state index is 0.0366. The number of aliphatic hydroxyl groups is 1. The fourth-order valence-electron chi connectivity index (χ4n) is 3.97. The number of likely N-dealkylation sites (tertiary alicyclic amines) is 1. The highest BCUT2D eigenvalue weighted by Gasteiger charge is 2.46. The average Bonchev–Trinajstić information content (AvgIpc) is 3.13. The zero-order chi connectivity index (χ0) is 24.1. The molecule has 2 aromatic carbocycles. The van der Waals surface area contributed by atoms with Crippen LogP contribution in [0.3, 0.4) is 0 Å². The van der Waals surface area contributed by atoms with Gasteiger partial charge in [-0.05, 0) is 53.9 Å². The Kier molecular flexibility index (Phi) is 6.92. The number of carbonyl (C=O) groups is 2. The molecule has 1 fully saturated rings. The lowest BCUT2D eigenvalue weighted by atomic mass is 9.95. The zero-order valence-corrected chi connectivity index (χ0v) is 19.1. The predicted octanol–water partition coefficient (Wildman–Crippen LogP) is 4.50. The summed E-state index contributed by atoms with van der Waals surface area (Å²) in [6.07, 6.45) is 4.16. The van der Waals surface area contributed by atoms with Gasteiger partial charge < -0.3 is 19.5 Å². The molecule has 34 heavy (non-hydrogen) atoms. The average molecular weight is 459 g/mol. The molecule has 0 radical (unpaired) electrons. The van der Waals surface area contributed by atoms with Crippen LogP contribution in [0.25, 0.3) is 5.76 Å². The number of carbonyl (C=O) groups excluding carboxylic acids is 2. The Bertz CT molecular complexity index is 1210. The van der Waals surface area contributed by atoms with Crippen molar-refractivity contribution in [3.63, 3.8) is 0 Å². The molecule has 4 rings (SSSR count). The number of ether oxygens (including phenoxy) is 2. The monoisotopic (exact) mass is 458 g/mol. The van der Waals surface area contributed by atoms with Gasteiger partial charge in [0.25, 0.3) is 11.7 Å². The van der Waals surface area contributed by atoms with E-state index in [2.05, 4.69) is 4.98 Å². The third-order valence-electron chi connectivity index (χ3n) is 5.65. The van der Waals surface area contributed by atoms with E-state index in [1.54, 1.807) is 48.8 Å². The van der Waals surface area contributed by atoms with Crippen molar-refractivity contribution < 1.29 is 24.2 Å². The first kappa shape index (κ1) is 23.0. The van der Waals surface area contributed by atoms with E-state index in [0.29, 0.717) is 29.2 Å². The van der Waals surface area contributed by atoms with Gasteiger partial charge in [0.15, 0.2) is 0 Å². The van der Waals surface area contributed by atoms with Gasteiger partial charge in [0.2, 0.25) is 0 Å². The second-order valence-corrected chi connectivity index (χ2v) is 7.93. The van der Waals surface area contributed by atoms with Crippen molar-refractivity contribution in [3.05, 3.63) is 95.3 Å². The number of aliphatic hydroxyl groups excluding tert-OH is 1. The van der Waals surface area contributed by atoms with Crippen molar-refractivity contribution in [2.45, 2.75) is 25.9 Å². The number of nitrogens with zero attached hydrogens (tertiary/aromatic N) is 2. The number of hydrogen-bond donors (Lipinski definition) is 1. The number of aromatic nitrogens is 1. The third-order valence-corrected chi connectivity index (χ3v) is 5.65. The van der Waals surface area contributed by atoms with E-state index in [1.165, 1.54) is 12.0 Å². The molecule has 1 aliphatic rings. The van der Waals surface area contributed by atoms with E-state index in [0.717, 1.165) is 12.0 Å². The van der Waals surface area contributed by atoms with Crippen molar-refractivity contribution >= 4 is 17.4 Å². The van der Waals surface area contributed by atoms with Crippen LogP contribution >= 0.6 is 0 Å². The molecule has 2 heterocycles. The highest BCUT2D eigenvalue weighted by atomic mass is 16.5. The number of rotatable bonds is 8. The Morgan fingerprint density at radius 1 is 1.03 bits per heavy atom. The molecule has 0 bridgehead atoms. The van der Waals surface area contributed by atoms with E-state index >= 15 is 0 Å². The molecule has 1 aliphatic heterocycles. The molecule has 3 aromatic rings. The molecular weight excluding hydrogens is 432 g/mol. The maximum absolute atomic E-state index is 13.2. The number of methoxy groups -OCH3 is 1. The summed E-state index contributed by atoms with van der Waals surface area (Å²) >= 11 is 0. The summed E-state index contributed by atoms with van der Waals surface area (Å²) in [5, 5.41) is 11.2. The molecule has 1 amide bonds. The van der Waals surface area contributed by atoms with Crippen LogP contribution in [0.5, 0.6) is 11.5 Å². The van der Waals surface area contributed by atoms with Gasteiger partial charge in [0.05, 0.1) is 25.3 Å². The van der Waals surface area contributed by atoms with E-state index in [4.69, 9.17) is 9.47 Å².